The Morgan fingerprint density at radius 3 is 2.40 bits per heavy atom. The summed E-state index contributed by atoms with van der Waals surface area (Å²) in [6, 6.07) is 0.196. The first-order chi connectivity index (χ1) is 14.0. The highest BCUT2D eigenvalue weighted by Crippen LogP contribution is 2.11. The van der Waals surface area contributed by atoms with Gasteiger partial charge in [-0.25, -0.2) is 9.79 Å². The van der Waals surface area contributed by atoms with Gasteiger partial charge < -0.3 is 29.9 Å². The minimum Gasteiger partial charge on any atom is -0.450 e. The Hall–Kier alpha value is -1.30. The van der Waals surface area contributed by atoms with E-state index < -0.39 is 0 Å². The molecule has 1 saturated heterocycles. The number of aliphatic imine (C=N–C) groups is 1. The first kappa shape index (κ1) is 28.7. The molecule has 0 bridgehead atoms. The number of halogens is 1. The summed E-state index contributed by atoms with van der Waals surface area (Å²) in [4.78, 5) is 31.4. The molecule has 1 fully saturated rings. The third kappa shape index (κ3) is 12.4. The minimum absolute atomic E-state index is 0. The molecule has 0 radical (unpaired) electrons. The number of guanidine groups is 1. The highest BCUT2D eigenvalue weighted by atomic mass is 127. The Balaban J connectivity index is 0.00000841. The van der Waals surface area contributed by atoms with Crippen LogP contribution in [-0.2, 0) is 14.3 Å². The van der Waals surface area contributed by atoms with Crippen molar-refractivity contribution in [3.05, 3.63) is 0 Å². The van der Waals surface area contributed by atoms with Gasteiger partial charge in [0.1, 0.15) is 6.54 Å². The number of hydrogen-bond donors (Lipinski definition) is 2. The van der Waals surface area contributed by atoms with Gasteiger partial charge in [-0.1, -0.05) is 13.3 Å². The molecule has 0 aromatic heterocycles. The second kappa shape index (κ2) is 17.4. The third-order valence-corrected chi connectivity index (χ3v) is 4.63. The van der Waals surface area contributed by atoms with Crippen LogP contribution in [0.4, 0.5) is 4.79 Å². The molecule has 0 saturated carbocycles. The van der Waals surface area contributed by atoms with Crippen LogP contribution < -0.4 is 10.6 Å². The van der Waals surface area contributed by atoms with E-state index in [1.807, 2.05) is 6.92 Å². The summed E-state index contributed by atoms with van der Waals surface area (Å²) in [7, 11) is 3.44. The summed E-state index contributed by atoms with van der Waals surface area (Å²) in [6.07, 6.45) is 4.44. The number of unbranched alkanes of at least 4 members (excludes halogenated alkanes) is 1. The van der Waals surface area contributed by atoms with Crippen LogP contribution >= 0.6 is 24.0 Å². The fourth-order valence-corrected chi connectivity index (χ4v) is 2.78. The van der Waals surface area contributed by atoms with E-state index in [9.17, 15) is 9.59 Å². The van der Waals surface area contributed by atoms with E-state index in [2.05, 4.69) is 22.5 Å². The van der Waals surface area contributed by atoms with Crippen LogP contribution in [0, 0.1) is 0 Å². The first-order valence-corrected chi connectivity index (χ1v) is 10.7. The molecule has 2 N–H and O–H groups in total. The van der Waals surface area contributed by atoms with Crippen molar-refractivity contribution in [3.63, 3.8) is 0 Å². The molecule has 0 aliphatic carbocycles. The molecule has 10 heteroatoms. The number of nitrogens with zero attached hydrogens (tertiary/aromatic N) is 3. The lowest BCUT2D eigenvalue weighted by atomic mass is 10.1. The molecular formula is C20H40IN5O4. The highest BCUT2D eigenvalue weighted by molar-refractivity contribution is 14.0. The number of amides is 2. The molecule has 0 atom stereocenters. The van der Waals surface area contributed by atoms with Crippen molar-refractivity contribution in [1.82, 2.24) is 20.4 Å². The molecule has 1 aliphatic heterocycles. The number of hydrogen-bond acceptors (Lipinski definition) is 5. The number of ether oxygens (including phenoxy) is 2. The van der Waals surface area contributed by atoms with Gasteiger partial charge >= 0.3 is 6.09 Å². The zero-order valence-electron chi connectivity index (χ0n) is 18.9. The van der Waals surface area contributed by atoms with Gasteiger partial charge in [0, 0.05) is 53.0 Å². The standard InChI is InChI=1S/C20H39N5O4.HI/c1-5-7-14-28-15-8-11-21-19(22-16-18(26)24(3)4)23-17-9-12-25(13-10-17)20(27)29-6-2;/h17H,5-16H2,1-4H3,(H2,21,22,23);1H. The Kier molecular flexibility index (Phi) is 16.6. The molecule has 1 rings (SSSR count). The summed E-state index contributed by atoms with van der Waals surface area (Å²) < 4.78 is 10.6. The van der Waals surface area contributed by atoms with Crippen LogP contribution in [0.1, 0.15) is 46.0 Å². The zero-order chi connectivity index (χ0) is 21.5. The molecule has 0 unspecified atom stereocenters. The van der Waals surface area contributed by atoms with Crippen LogP contribution in [0.25, 0.3) is 0 Å². The Morgan fingerprint density at radius 1 is 1.13 bits per heavy atom. The largest absolute Gasteiger partial charge is 0.450 e. The monoisotopic (exact) mass is 541 g/mol. The van der Waals surface area contributed by atoms with Gasteiger partial charge in [-0.15, -0.1) is 24.0 Å². The van der Waals surface area contributed by atoms with Crippen LogP contribution in [0.5, 0.6) is 0 Å². The van der Waals surface area contributed by atoms with Gasteiger partial charge in [-0.3, -0.25) is 4.79 Å². The quantitative estimate of drug-likeness (QED) is 0.180. The summed E-state index contributed by atoms with van der Waals surface area (Å²) in [5.41, 5.74) is 0. The van der Waals surface area contributed by atoms with Crippen LogP contribution in [0.15, 0.2) is 4.99 Å². The maximum atomic E-state index is 11.9. The van der Waals surface area contributed by atoms with Gasteiger partial charge in [0.25, 0.3) is 0 Å². The van der Waals surface area contributed by atoms with Gasteiger partial charge in [0.2, 0.25) is 5.91 Å². The molecular weight excluding hydrogens is 501 g/mol. The third-order valence-electron chi connectivity index (χ3n) is 4.63. The van der Waals surface area contributed by atoms with E-state index in [1.165, 1.54) is 4.90 Å². The zero-order valence-corrected chi connectivity index (χ0v) is 21.3. The van der Waals surface area contributed by atoms with Crippen LogP contribution in [0.2, 0.25) is 0 Å². The number of piperidine rings is 1. The van der Waals surface area contributed by atoms with Crippen molar-refractivity contribution in [2.75, 3.05) is 60.1 Å². The SMILES string of the molecule is CCCCOCCCNC(=NCC(=O)N(C)C)NC1CCN(C(=O)OCC)CC1.I. The predicted octanol–water partition coefficient (Wildman–Crippen LogP) is 2.06. The normalized spacial score (nSPS) is 14.7. The first-order valence-electron chi connectivity index (χ1n) is 10.7. The van der Waals surface area contributed by atoms with Gasteiger partial charge in [-0.05, 0) is 32.6 Å². The molecule has 176 valence electrons. The summed E-state index contributed by atoms with van der Waals surface area (Å²) >= 11 is 0. The number of rotatable bonds is 11. The van der Waals surface area contributed by atoms with Crippen molar-refractivity contribution in [2.24, 2.45) is 4.99 Å². The number of carbonyl (C=O) groups is 2. The maximum absolute atomic E-state index is 11.9. The van der Waals surface area contributed by atoms with E-state index in [0.717, 1.165) is 45.3 Å². The van der Waals surface area contributed by atoms with Gasteiger partial charge in [-0.2, -0.15) is 0 Å². The van der Waals surface area contributed by atoms with E-state index in [0.29, 0.717) is 32.3 Å². The van der Waals surface area contributed by atoms with E-state index >= 15 is 0 Å². The fraction of sp³-hybridized carbons (Fsp3) is 0.850. The molecule has 0 aromatic rings. The number of likely N-dealkylation sites (tertiary alicyclic amines) is 1. The summed E-state index contributed by atoms with van der Waals surface area (Å²) in [6.45, 7) is 7.95. The average Bonchev–Trinajstić information content (AvgIpc) is 2.71. The molecule has 30 heavy (non-hydrogen) atoms. The molecule has 0 aromatic carbocycles. The molecule has 2 amide bonds. The number of nitrogens with one attached hydrogen (secondary N) is 2. The summed E-state index contributed by atoms with van der Waals surface area (Å²) in [5.74, 6) is 0.578. The lowest BCUT2D eigenvalue weighted by Crippen LogP contribution is -2.50. The van der Waals surface area contributed by atoms with Gasteiger partial charge in [0.15, 0.2) is 5.96 Å². The minimum atomic E-state index is -0.252. The van der Waals surface area contributed by atoms with Crippen molar-refractivity contribution in [3.8, 4) is 0 Å². The fourth-order valence-electron chi connectivity index (χ4n) is 2.78. The average molecular weight is 541 g/mol. The smallest absolute Gasteiger partial charge is 0.409 e. The topological polar surface area (TPSA) is 95.5 Å². The Morgan fingerprint density at radius 2 is 1.80 bits per heavy atom. The molecule has 1 heterocycles. The maximum Gasteiger partial charge on any atom is 0.409 e. The lowest BCUT2D eigenvalue weighted by molar-refractivity contribution is -0.127. The van der Waals surface area contributed by atoms with Crippen molar-refractivity contribution in [2.45, 2.75) is 52.0 Å². The second-order valence-corrected chi connectivity index (χ2v) is 7.30. The molecule has 0 spiro atoms. The van der Waals surface area contributed by atoms with Crippen LogP contribution in [0.3, 0.4) is 0 Å². The molecule has 1 aliphatic rings. The number of likely N-dealkylation sites (N-methyl/N-ethyl adjacent to an activating group) is 1. The predicted molar refractivity (Wildman–Crippen MR) is 130 cm³/mol. The van der Waals surface area contributed by atoms with Crippen molar-refractivity contribution in [1.29, 1.82) is 0 Å². The Bertz CT molecular complexity index is 511. The van der Waals surface area contributed by atoms with Gasteiger partial charge in [0.05, 0.1) is 6.61 Å². The molecule has 9 nitrogen and oxygen atoms in total. The van der Waals surface area contributed by atoms with E-state index in [-0.39, 0.29) is 48.6 Å². The van der Waals surface area contributed by atoms with E-state index in [4.69, 9.17) is 9.47 Å². The van der Waals surface area contributed by atoms with Crippen molar-refractivity contribution < 1.29 is 19.1 Å². The Labute approximate surface area is 198 Å². The highest BCUT2D eigenvalue weighted by Gasteiger charge is 2.24. The lowest BCUT2D eigenvalue weighted by Gasteiger charge is -2.32. The second-order valence-electron chi connectivity index (χ2n) is 7.30. The van der Waals surface area contributed by atoms with E-state index in [1.54, 1.807) is 19.0 Å². The summed E-state index contributed by atoms with van der Waals surface area (Å²) in [5, 5.41) is 6.69. The van der Waals surface area contributed by atoms with Crippen molar-refractivity contribution >= 4 is 41.9 Å². The van der Waals surface area contributed by atoms with Crippen LogP contribution in [-0.4, -0.2) is 93.9 Å². The number of carbonyl (C=O) groups excluding carboxylic acids is 2.